The minimum atomic E-state index is 0.640. The van der Waals surface area contributed by atoms with Crippen LogP contribution in [0.3, 0.4) is 0 Å². The van der Waals surface area contributed by atoms with Crippen LogP contribution in [0.5, 0.6) is 11.6 Å². The molecule has 0 saturated carbocycles. The van der Waals surface area contributed by atoms with Gasteiger partial charge in [0.25, 0.3) is 0 Å². The second-order valence-corrected chi connectivity index (χ2v) is 4.60. The van der Waals surface area contributed by atoms with Crippen molar-refractivity contribution in [3.05, 3.63) is 47.7 Å². The second-order valence-electron chi connectivity index (χ2n) is 4.60. The third kappa shape index (κ3) is 2.16. The molecule has 0 amide bonds. The van der Waals surface area contributed by atoms with Crippen LogP contribution in [0.2, 0.25) is 0 Å². The van der Waals surface area contributed by atoms with Crippen LogP contribution in [-0.2, 0) is 6.42 Å². The van der Waals surface area contributed by atoms with Crippen molar-refractivity contribution >= 4 is 5.69 Å². The Balaban J connectivity index is 1.90. The van der Waals surface area contributed by atoms with Gasteiger partial charge in [0.2, 0.25) is 5.88 Å². The third-order valence-electron chi connectivity index (χ3n) is 3.14. The summed E-state index contributed by atoms with van der Waals surface area (Å²) in [6.07, 6.45) is 4.11. The SMILES string of the molecule is Cc1ccc(Oc2cccc3c2NCCC3)nc1. The zero-order valence-corrected chi connectivity index (χ0v) is 10.4. The Hall–Kier alpha value is -2.03. The first-order chi connectivity index (χ1) is 8.83. The number of aromatic nitrogens is 1. The van der Waals surface area contributed by atoms with E-state index in [0.717, 1.165) is 30.0 Å². The smallest absolute Gasteiger partial charge is 0.219 e. The van der Waals surface area contributed by atoms with Crippen molar-refractivity contribution in [3.63, 3.8) is 0 Å². The van der Waals surface area contributed by atoms with Crippen LogP contribution in [0.4, 0.5) is 5.69 Å². The number of hydrogen-bond acceptors (Lipinski definition) is 3. The lowest BCUT2D eigenvalue weighted by Gasteiger charge is -2.20. The van der Waals surface area contributed by atoms with Crippen molar-refractivity contribution < 1.29 is 4.74 Å². The Kier molecular flexibility index (Phi) is 2.89. The van der Waals surface area contributed by atoms with Gasteiger partial charge in [-0.2, -0.15) is 0 Å². The van der Waals surface area contributed by atoms with Crippen molar-refractivity contribution in [3.8, 4) is 11.6 Å². The highest BCUT2D eigenvalue weighted by Crippen LogP contribution is 2.34. The number of rotatable bonds is 2. The number of pyridine rings is 1. The van der Waals surface area contributed by atoms with Crippen LogP contribution in [0.15, 0.2) is 36.5 Å². The van der Waals surface area contributed by atoms with Crippen molar-refractivity contribution in [1.29, 1.82) is 0 Å². The van der Waals surface area contributed by atoms with Gasteiger partial charge in [0.1, 0.15) is 0 Å². The van der Waals surface area contributed by atoms with E-state index in [2.05, 4.69) is 16.4 Å². The van der Waals surface area contributed by atoms with Gasteiger partial charge >= 0.3 is 0 Å². The van der Waals surface area contributed by atoms with Crippen molar-refractivity contribution in [1.82, 2.24) is 4.98 Å². The Bertz CT molecular complexity index is 549. The first kappa shape index (κ1) is 11.1. The quantitative estimate of drug-likeness (QED) is 0.871. The molecule has 0 bridgehead atoms. The largest absolute Gasteiger partial charge is 0.437 e. The summed E-state index contributed by atoms with van der Waals surface area (Å²) < 4.78 is 5.86. The molecule has 1 aliphatic rings. The van der Waals surface area contributed by atoms with E-state index >= 15 is 0 Å². The summed E-state index contributed by atoms with van der Waals surface area (Å²) in [5.74, 6) is 1.50. The molecule has 2 aromatic rings. The van der Waals surface area contributed by atoms with E-state index in [9.17, 15) is 0 Å². The molecule has 0 unspecified atom stereocenters. The predicted molar refractivity (Wildman–Crippen MR) is 72.3 cm³/mol. The minimum absolute atomic E-state index is 0.640. The Labute approximate surface area is 107 Å². The van der Waals surface area contributed by atoms with Crippen LogP contribution in [0.1, 0.15) is 17.5 Å². The molecule has 0 aliphatic carbocycles. The number of aryl methyl sites for hydroxylation is 2. The molecule has 92 valence electrons. The molecule has 1 aromatic carbocycles. The zero-order chi connectivity index (χ0) is 12.4. The molecule has 0 spiro atoms. The highest BCUT2D eigenvalue weighted by molar-refractivity contribution is 5.64. The van der Waals surface area contributed by atoms with E-state index in [1.54, 1.807) is 0 Å². The summed E-state index contributed by atoms with van der Waals surface area (Å²) in [6.45, 7) is 3.03. The first-order valence-electron chi connectivity index (χ1n) is 6.29. The maximum Gasteiger partial charge on any atom is 0.219 e. The predicted octanol–water partition coefficient (Wildman–Crippen LogP) is 3.54. The molecule has 2 heterocycles. The molecule has 1 aromatic heterocycles. The van der Waals surface area contributed by atoms with Crippen LogP contribution in [-0.4, -0.2) is 11.5 Å². The van der Waals surface area contributed by atoms with Gasteiger partial charge in [-0.05, 0) is 37.0 Å². The fourth-order valence-electron chi connectivity index (χ4n) is 2.19. The summed E-state index contributed by atoms with van der Waals surface area (Å²) in [5.41, 5.74) is 3.58. The molecule has 0 fully saturated rings. The van der Waals surface area contributed by atoms with Gasteiger partial charge in [0, 0.05) is 18.8 Å². The number of nitrogens with zero attached hydrogens (tertiary/aromatic N) is 1. The Morgan fingerprint density at radius 2 is 2.17 bits per heavy atom. The van der Waals surface area contributed by atoms with Gasteiger partial charge in [-0.25, -0.2) is 4.98 Å². The van der Waals surface area contributed by atoms with Gasteiger partial charge in [-0.15, -0.1) is 0 Å². The van der Waals surface area contributed by atoms with E-state index in [1.165, 1.54) is 12.0 Å². The summed E-state index contributed by atoms with van der Waals surface area (Å²) in [6, 6.07) is 10.1. The van der Waals surface area contributed by atoms with Crippen LogP contribution in [0, 0.1) is 6.92 Å². The standard InChI is InChI=1S/C15H16N2O/c1-11-7-8-14(17-10-11)18-13-6-2-4-12-5-3-9-16-15(12)13/h2,4,6-8,10,16H,3,5,9H2,1H3. The third-order valence-corrected chi connectivity index (χ3v) is 3.14. The van der Waals surface area contributed by atoms with Crippen LogP contribution in [0.25, 0.3) is 0 Å². The lowest BCUT2D eigenvalue weighted by molar-refractivity contribution is 0.463. The summed E-state index contributed by atoms with van der Waals surface area (Å²) >= 11 is 0. The van der Waals surface area contributed by atoms with Crippen LogP contribution < -0.4 is 10.1 Å². The van der Waals surface area contributed by atoms with E-state index in [4.69, 9.17) is 4.74 Å². The average Bonchev–Trinajstić information content (AvgIpc) is 2.42. The Morgan fingerprint density at radius 3 is 3.00 bits per heavy atom. The highest BCUT2D eigenvalue weighted by Gasteiger charge is 2.13. The first-order valence-corrected chi connectivity index (χ1v) is 6.29. The molecule has 3 rings (SSSR count). The summed E-state index contributed by atoms with van der Waals surface area (Å²) in [4.78, 5) is 4.27. The van der Waals surface area contributed by atoms with Crippen molar-refractivity contribution in [2.24, 2.45) is 0 Å². The van der Waals surface area contributed by atoms with E-state index < -0.39 is 0 Å². The molecule has 1 aliphatic heterocycles. The highest BCUT2D eigenvalue weighted by atomic mass is 16.5. The molecule has 3 heteroatoms. The fourth-order valence-corrected chi connectivity index (χ4v) is 2.19. The summed E-state index contributed by atoms with van der Waals surface area (Å²) in [7, 11) is 0. The molecule has 18 heavy (non-hydrogen) atoms. The second kappa shape index (κ2) is 4.69. The Morgan fingerprint density at radius 1 is 1.22 bits per heavy atom. The zero-order valence-electron chi connectivity index (χ0n) is 10.4. The topological polar surface area (TPSA) is 34.1 Å². The van der Waals surface area contributed by atoms with E-state index in [-0.39, 0.29) is 0 Å². The average molecular weight is 240 g/mol. The normalized spacial score (nSPS) is 13.6. The maximum atomic E-state index is 5.86. The maximum absolute atomic E-state index is 5.86. The van der Waals surface area contributed by atoms with Gasteiger partial charge < -0.3 is 10.1 Å². The van der Waals surface area contributed by atoms with Crippen molar-refractivity contribution in [2.75, 3.05) is 11.9 Å². The molecule has 0 radical (unpaired) electrons. The number of anilines is 1. The number of benzene rings is 1. The molecule has 0 saturated heterocycles. The summed E-state index contributed by atoms with van der Waals surface area (Å²) in [5, 5.41) is 3.41. The number of nitrogens with one attached hydrogen (secondary N) is 1. The van der Waals surface area contributed by atoms with Crippen molar-refractivity contribution in [2.45, 2.75) is 19.8 Å². The molecule has 3 nitrogen and oxygen atoms in total. The van der Waals surface area contributed by atoms with E-state index in [1.807, 2.05) is 37.4 Å². The lowest BCUT2D eigenvalue weighted by atomic mass is 10.0. The molecular weight excluding hydrogens is 224 g/mol. The van der Waals surface area contributed by atoms with Gasteiger partial charge in [-0.3, -0.25) is 0 Å². The lowest BCUT2D eigenvalue weighted by Crippen LogP contribution is -2.12. The number of ether oxygens (including phenoxy) is 1. The minimum Gasteiger partial charge on any atom is -0.437 e. The number of hydrogen-bond donors (Lipinski definition) is 1. The van der Waals surface area contributed by atoms with Gasteiger partial charge in [-0.1, -0.05) is 18.2 Å². The molecule has 1 N–H and O–H groups in total. The van der Waals surface area contributed by atoms with Gasteiger partial charge in [0.15, 0.2) is 5.75 Å². The van der Waals surface area contributed by atoms with Crippen LogP contribution >= 0.6 is 0 Å². The molecule has 0 atom stereocenters. The van der Waals surface area contributed by atoms with E-state index in [0.29, 0.717) is 5.88 Å². The number of para-hydroxylation sites is 1. The monoisotopic (exact) mass is 240 g/mol. The van der Waals surface area contributed by atoms with Gasteiger partial charge in [0.05, 0.1) is 5.69 Å². The number of fused-ring (bicyclic) bond motifs is 1. The molecular formula is C15H16N2O. The fraction of sp³-hybridized carbons (Fsp3) is 0.267.